The lowest BCUT2D eigenvalue weighted by Gasteiger charge is -2.29. The van der Waals surface area contributed by atoms with E-state index in [9.17, 15) is 8.78 Å². The Morgan fingerprint density at radius 2 is 1.86 bits per heavy atom. The summed E-state index contributed by atoms with van der Waals surface area (Å²) in [7, 11) is 0. The first-order valence-electron chi connectivity index (χ1n) is 10.9. The molecule has 3 fully saturated rings. The van der Waals surface area contributed by atoms with Gasteiger partial charge in [0.15, 0.2) is 5.96 Å². The van der Waals surface area contributed by atoms with E-state index in [1.807, 2.05) is 6.92 Å². The molecule has 2 heterocycles. The molecule has 0 aromatic heterocycles. The van der Waals surface area contributed by atoms with Gasteiger partial charge in [-0.3, -0.25) is 4.99 Å². The maximum atomic E-state index is 14.1. The Kier molecular flexibility index (Phi) is 8.13. The predicted molar refractivity (Wildman–Crippen MR) is 124 cm³/mol. The minimum Gasteiger partial charge on any atom is -0.353 e. The van der Waals surface area contributed by atoms with Crippen LogP contribution in [-0.4, -0.2) is 61.1 Å². The van der Waals surface area contributed by atoms with Gasteiger partial charge in [0.25, 0.3) is 0 Å². The molecule has 0 amide bonds. The Bertz CT molecular complexity index is 688. The Hall–Kier alpha value is -0.960. The van der Waals surface area contributed by atoms with Crippen LogP contribution in [0.4, 0.5) is 8.78 Å². The van der Waals surface area contributed by atoms with Crippen LogP contribution in [0.5, 0.6) is 0 Å². The fourth-order valence-corrected chi connectivity index (χ4v) is 4.77. The zero-order valence-corrected chi connectivity index (χ0v) is 19.6. The SMILES string of the molecule is CCN=C(NC1CC1c1c(F)cccc1F)N1CCC(CN2CCCCC2)C1.I. The summed E-state index contributed by atoms with van der Waals surface area (Å²) in [6, 6.07) is 4.19. The van der Waals surface area contributed by atoms with Crippen molar-refractivity contribution in [1.29, 1.82) is 0 Å². The summed E-state index contributed by atoms with van der Waals surface area (Å²) < 4.78 is 28.1. The molecule has 0 bridgehead atoms. The van der Waals surface area contributed by atoms with Crippen molar-refractivity contribution in [3.8, 4) is 0 Å². The highest BCUT2D eigenvalue weighted by atomic mass is 127. The lowest BCUT2D eigenvalue weighted by molar-refractivity contribution is 0.198. The summed E-state index contributed by atoms with van der Waals surface area (Å²) in [6.07, 6.45) is 5.98. The fraction of sp³-hybridized carbons (Fsp3) is 0.682. The first-order chi connectivity index (χ1) is 13.7. The van der Waals surface area contributed by atoms with Gasteiger partial charge >= 0.3 is 0 Å². The fourth-order valence-electron chi connectivity index (χ4n) is 4.77. The van der Waals surface area contributed by atoms with Crippen molar-refractivity contribution in [1.82, 2.24) is 15.1 Å². The van der Waals surface area contributed by atoms with Gasteiger partial charge in [0.05, 0.1) is 0 Å². The molecule has 3 atom stereocenters. The number of hydrogen-bond donors (Lipinski definition) is 1. The van der Waals surface area contributed by atoms with E-state index in [1.165, 1.54) is 63.5 Å². The molecule has 1 aromatic rings. The van der Waals surface area contributed by atoms with Crippen molar-refractivity contribution in [3.63, 3.8) is 0 Å². The van der Waals surface area contributed by atoms with Crippen LogP contribution < -0.4 is 5.32 Å². The third-order valence-corrected chi connectivity index (χ3v) is 6.33. The molecule has 4 rings (SSSR count). The van der Waals surface area contributed by atoms with Crippen LogP contribution >= 0.6 is 24.0 Å². The predicted octanol–water partition coefficient (Wildman–Crippen LogP) is 4.21. The van der Waals surface area contributed by atoms with Crippen LogP contribution in [0.15, 0.2) is 23.2 Å². The van der Waals surface area contributed by atoms with E-state index in [-0.39, 0.29) is 41.5 Å². The van der Waals surface area contributed by atoms with Gasteiger partial charge in [-0.2, -0.15) is 0 Å². The smallest absolute Gasteiger partial charge is 0.194 e. The molecule has 7 heteroatoms. The van der Waals surface area contributed by atoms with Crippen LogP contribution in [0, 0.1) is 17.6 Å². The van der Waals surface area contributed by atoms with Gasteiger partial charge in [-0.1, -0.05) is 12.5 Å². The molecule has 0 radical (unpaired) electrons. The van der Waals surface area contributed by atoms with Gasteiger partial charge in [0, 0.05) is 43.7 Å². The number of guanidine groups is 1. The zero-order valence-electron chi connectivity index (χ0n) is 17.2. The van der Waals surface area contributed by atoms with Crippen molar-refractivity contribution < 1.29 is 8.78 Å². The van der Waals surface area contributed by atoms with Crippen molar-refractivity contribution in [2.75, 3.05) is 39.3 Å². The molecule has 4 nitrogen and oxygen atoms in total. The van der Waals surface area contributed by atoms with Gasteiger partial charge in [-0.25, -0.2) is 8.78 Å². The number of piperidine rings is 1. The van der Waals surface area contributed by atoms with E-state index in [0.717, 1.165) is 25.5 Å². The van der Waals surface area contributed by atoms with E-state index in [0.29, 0.717) is 12.5 Å². The molecule has 162 valence electrons. The Labute approximate surface area is 190 Å². The summed E-state index contributed by atoms with van der Waals surface area (Å²) in [5.41, 5.74) is 0.222. The summed E-state index contributed by atoms with van der Waals surface area (Å²) in [6.45, 7) is 8.43. The third-order valence-electron chi connectivity index (χ3n) is 6.33. The summed E-state index contributed by atoms with van der Waals surface area (Å²) in [5, 5.41) is 3.49. The minimum atomic E-state index is -0.439. The first kappa shape index (κ1) is 22.7. The van der Waals surface area contributed by atoms with E-state index in [2.05, 4.69) is 20.1 Å². The summed E-state index contributed by atoms with van der Waals surface area (Å²) in [5.74, 6) is 0.612. The van der Waals surface area contributed by atoms with Crippen molar-refractivity contribution >= 4 is 29.9 Å². The molecule has 3 aliphatic rings. The number of hydrogen-bond acceptors (Lipinski definition) is 2. The standard InChI is InChI=1S/C22H32F2N4.HI/c1-2-25-22(26-20-13-17(20)21-18(23)7-6-8-19(21)24)28-12-9-16(15-28)14-27-10-4-3-5-11-27;/h6-8,16-17,20H,2-5,9-15H2,1H3,(H,25,26);1H. The number of nitrogens with zero attached hydrogens (tertiary/aromatic N) is 3. The molecular formula is C22H33F2IN4. The van der Waals surface area contributed by atoms with Crippen molar-refractivity contribution in [3.05, 3.63) is 35.4 Å². The largest absolute Gasteiger partial charge is 0.353 e. The van der Waals surface area contributed by atoms with Gasteiger partial charge in [-0.05, 0) is 63.7 Å². The van der Waals surface area contributed by atoms with E-state index in [1.54, 1.807) is 0 Å². The lowest BCUT2D eigenvalue weighted by atomic mass is 10.1. The van der Waals surface area contributed by atoms with Gasteiger partial charge in [0.2, 0.25) is 0 Å². The third kappa shape index (κ3) is 5.60. The summed E-state index contributed by atoms with van der Waals surface area (Å²) >= 11 is 0. The number of halogens is 3. The minimum absolute atomic E-state index is 0. The topological polar surface area (TPSA) is 30.9 Å². The number of rotatable bonds is 5. The highest BCUT2D eigenvalue weighted by molar-refractivity contribution is 14.0. The van der Waals surface area contributed by atoms with Gasteiger partial charge in [0.1, 0.15) is 11.6 Å². The molecule has 0 spiro atoms. The van der Waals surface area contributed by atoms with Crippen molar-refractivity contribution in [2.24, 2.45) is 10.9 Å². The maximum Gasteiger partial charge on any atom is 0.194 e. The Balaban J connectivity index is 0.00000240. The zero-order chi connectivity index (χ0) is 19.5. The van der Waals surface area contributed by atoms with Crippen LogP contribution in [0.3, 0.4) is 0 Å². The molecule has 1 aromatic carbocycles. The molecule has 3 unspecified atom stereocenters. The number of nitrogens with one attached hydrogen (secondary N) is 1. The van der Waals surface area contributed by atoms with E-state index >= 15 is 0 Å². The molecule has 1 N–H and O–H groups in total. The second-order valence-corrected chi connectivity index (χ2v) is 8.49. The molecule has 1 saturated carbocycles. The van der Waals surface area contributed by atoms with Crippen LogP contribution in [0.25, 0.3) is 0 Å². The molecule has 2 saturated heterocycles. The quantitative estimate of drug-likeness (QED) is 0.360. The van der Waals surface area contributed by atoms with Crippen LogP contribution in [0.1, 0.15) is 50.5 Å². The molecule has 1 aliphatic carbocycles. The van der Waals surface area contributed by atoms with E-state index < -0.39 is 11.6 Å². The highest BCUT2D eigenvalue weighted by Gasteiger charge is 2.43. The number of aliphatic imine (C=N–C) groups is 1. The lowest BCUT2D eigenvalue weighted by Crippen LogP contribution is -2.42. The average Bonchev–Trinajstić information content (AvgIpc) is 3.27. The number of likely N-dealkylation sites (tertiary alicyclic amines) is 2. The Morgan fingerprint density at radius 3 is 2.55 bits per heavy atom. The monoisotopic (exact) mass is 518 g/mol. The van der Waals surface area contributed by atoms with E-state index in [4.69, 9.17) is 0 Å². The molecule has 29 heavy (non-hydrogen) atoms. The highest BCUT2D eigenvalue weighted by Crippen LogP contribution is 2.43. The first-order valence-corrected chi connectivity index (χ1v) is 10.9. The van der Waals surface area contributed by atoms with Gasteiger partial charge < -0.3 is 15.1 Å². The second-order valence-electron chi connectivity index (χ2n) is 8.49. The average molecular weight is 518 g/mol. The second kappa shape index (κ2) is 10.4. The Morgan fingerprint density at radius 1 is 1.14 bits per heavy atom. The van der Waals surface area contributed by atoms with Gasteiger partial charge in [-0.15, -0.1) is 24.0 Å². The molecule has 2 aliphatic heterocycles. The van der Waals surface area contributed by atoms with Crippen molar-refractivity contribution in [2.45, 2.75) is 51.0 Å². The number of benzene rings is 1. The normalized spacial score (nSPS) is 27.6. The van der Waals surface area contributed by atoms with Crippen LogP contribution in [-0.2, 0) is 0 Å². The maximum absolute atomic E-state index is 14.1. The summed E-state index contributed by atoms with van der Waals surface area (Å²) in [4.78, 5) is 9.62. The molecular weight excluding hydrogens is 485 g/mol. The van der Waals surface area contributed by atoms with Crippen LogP contribution in [0.2, 0.25) is 0 Å².